The predicted molar refractivity (Wildman–Crippen MR) is 115 cm³/mol. The van der Waals surface area contributed by atoms with E-state index in [1.54, 1.807) is 31.6 Å². The lowest BCUT2D eigenvalue weighted by Crippen LogP contribution is -2.43. The zero-order valence-corrected chi connectivity index (χ0v) is 18.0. The molecule has 1 amide bonds. The summed E-state index contributed by atoms with van der Waals surface area (Å²) < 4.78 is 1.84. The highest BCUT2D eigenvalue weighted by Gasteiger charge is 2.26. The van der Waals surface area contributed by atoms with E-state index >= 15 is 0 Å². The Hall–Kier alpha value is -2.17. The summed E-state index contributed by atoms with van der Waals surface area (Å²) in [4.78, 5) is 22.6. The van der Waals surface area contributed by atoms with Gasteiger partial charge in [-0.05, 0) is 24.1 Å². The summed E-state index contributed by atoms with van der Waals surface area (Å²) in [5, 5.41) is 10.5. The lowest BCUT2D eigenvalue weighted by molar-refractivity contribution is 0.0954. The number of nitrogens with zero attached hydrogens (tertiary/aromatic N) is 5. The van der Waals surface area contributed by atoms with Crippen LogP contribution in [0.15, 0.2) is 41.9 Å². The van der Waals surface area contributed by atoms with E-state index in [4.69, 9.17) is 0 Å². The highest BCUT2D eigenvalue weighted by Crippen LogP contribution is 2.26. The number of guanidine groups is 1. The molecule has 0 saturated carbocycles. The van der Waals surface area contributed by atoms with Gasteiger partial charge in [-0.3, -0.25) is 19.5 Å². The van der Waals surface area contributed by atoms with E-state index in [2.05, 4.69) is 36.8 Å². The third-order valence-electron chi connectivity index (χ3n) is 4.51. The summed E-state index contributed by atoms with van der Waals surface area (Å²) in [5.74, 6) is 1.23. The Morgan fingerprint density at radius 2 is 2.15 bits per heavy atom. The van der Waals surface area contributed by atoms with E-state index < -0.39 is 0 Å². The Morgan fingerprint density at radius 3 is 2.81 bits per heavy atom. The van der Waals surface area contributed by atoms with Crippen LogP contribution in [-0.4, -0.2) is 64.8 Å². The van der Waals surface area contributed by atoms with Crippen molar-refractivity contribution in [3.8, 4) is 0 Å². The van der Waals surface area contributed by atoms with Crippen LogP contribution in [0.3, 0.4) is 0 Å². The minimum Gasteiger partial charge on any atom is -0.354 e. The van der Waals surface area contributed by atoms with Gasteiger partial charge in [0.2, 0.25) is 0 Å². The Bertz CT molecular complexity index is 762. The largest absolute Gasteiger partial charge is 0.354 e. The molecule has 1 saturated heterocycles. The van der Waals surface area contributed by atoms with Crippen LogP contribution in [0, 0.1) is 0 Å². The molecule has 2 aromatic heterocycles. The van der Waals surface area contributed by atoms with Crippen molar-refractivity contribution in [2.45, 2.75) is 12.3 Å². The number of aliphatic imine (C=N–C) groups is 1. The van der Waals surface area contributed by atoms with Crippen molar-refractivity contribution < 1.29 is 4.79 Å². The molecule has 0 bridgehead atoms. The summed E-state index contributed by atoms with van der Waals surface area (Å²) in [6.07, 6.45) is 8.32. The molecular weight excluding hydrogens is 457 g/mol. The third kappa shape index (κ3) is 5.65. The maximum Gasteiger partial charge on any atom is 0.252 e. The molecule has 1 aliphatic rings. The number of hydrogen-bond donors (Lipinski definition) is 2. The van der Waals surface area contributed by atoms with Gasteiger partial charge in [-0.1, -0.05) is 0 Å². The Balaban J connectivity index is 0.00000261. The van der Waals surface area contributed by atoms with Crippen molar-refractivity contribution in [1.29, 1.82) is 0 Å². The number of amides is 1. The number of hydrogen-bond acceptors (Lipinski definition) is 4. The molecule has 0 spiro atoms. The second kappa shape index (κ2) is 10.2. The molecule has 0 radical (unpaired) electrons. The van der Waals surface area contributed by atoms with Crippen molar-refractivity contribution in [3.05, 3.63) is 48.0 Å². The molecule has 0 aromatic carbocycles. The van der Waals surface area contributed by atoms with E-state index in [-0.39, 0.29) is 29.9 Å². The fourth-order valence-electron chi connectivity index (χ4n) is 3.16. The van der Waals surface area contributed by atoms with Gasteiger partial charge in [0.25, 0.3) is 5.91 Å². The molecule has 1 atom stereocenters. The maximum absolute atomic E-state index is 12.0. The van der Waals surface area contributed by atoms with Crippen molar-refractivity contribution in [3.63, 3.8) is 0 Å². The average Bonchev–Trinajstić information content (AvgIpc) is 3.31. The highest BCUT2D eigenvalue weighted by atomic mass is 127. The minimum absolute atomic E-state index is 0. The first kappa shape index (κ1) is 21.1. The molecule has 0 aliphatic carbocycles. The molecule has 146 valence electrons. The normalized spacial score (nSPS) is 16.7. The summed E-state index contributed by atoms with van der Waals surface area (Å²) in [5.41, 5.74) is 1.84. The number of aromatic nitrogens is 3. The number of carbonyl (C=O) groups is 1. The number of halogens is 1. The van der Waals surface area contributed by atoms with Crippen molar-refractivity contribution in [1.82, 2.24) is 30.3 Å². The zero-order valence-electron chi connectivity index (χ0n) is 15.6. The van der Waals surface area contributed by atoms with Gasteiger partial charge in [0.1, 0.15) is 0 Å². The number of aryl methyl sites for hydroxylation is 1. The average molecular weight is 483 g/mol. The maximum atomic E-state index is 12.0. The van der Waals surface area contributed by atoms with Crippen LogP contribution in [0.4, 0.5) is 0 Å². The van der Waals surface area contributed by atoms with Crippen LogP contribution in [-0.2, 0) is 7.05 Å². The summed E-state index contributed by atoms with van der Waals surface area (Å²) in [6, 6.07) is 3.50. The molecule has 8 nitrogen and oxygen atoms in total. The van der Waals surface area contributed by atoms with Gasteiger partial charge in [-0.15, -0.1) is 24.0 Å². The Labute approximate surface area is 176 Å². The predicted octanol–water partition coefficient (Wildman–Crippen LogP) is 1.23. The lowest BCUT2D eigenvalue weighted by Gasteiger charge is -2.21. The number of pyridine rings is 1. The third-order valence-corrected chi connectivity index (χ3v) is 4.51. The standard InChI is InChI=1S/C18H25N7O.HI/c1-19-18(22-8-7-21-17(26)14-4-3-6-20-10-14)25-9-5-15(13-25)16-11-23-24(2)12-16;/h3-4,6,10-12,15H,5,7-9,13H2,1-2H3,(H,19,22)(H,21,26);1H. The molecule has 3 rings (SSSR count). The van der Waals surface area contributed by atoms with Crippen LogP contribution in [0.25, 0.3) is 0 Å². The Kier molecular flexibility index (Phi) is 8.01. The molecule has 1 fully saturated rings. The first-order chi connectivity index (χ1) is 12.7. The zero-order chi connectivity index (χ0) is 18.4. The van der Waals surface area contributed by atoms with Crippen molar-refractivity contribution >= 4 is 35.8 Å². The highest BCUT2D eigenvalue weighted by molar-refractivity contribution is 14.0. The van der Waals surface area contributed by atoms with Gasteiger partial charge in [-0.2, -0.15) is 5.10 Å². The number of nitrogens with one attached hydrogen (secondary N) is 2. The fourth-order valence-corrected chi connectivity index (χ4v) is 3.16. The molecule has 1 unspecified atom stereocenters. The molecular formula is C18H26IN7O. The van der Waals surface area contributed by atoms with E-state index in [1.807, 2.05) is 17.9 Å². The SMILES string of the molecule is CN=C(NCCNC(=O)c1cccnc1)N1CCC(c2cnn(C)c2)C1.I. The summed E-state index contributed by atoms with van der Waals surface area (Å²) in [7, 11) is 3.73. The van der Waals surface area contributed by atoms with Crippen LogP contribution in [0.1, 0.15) is 28.3 Å². The topological polar surface area (TPSA) is 87.4 Å². The minimum atomic E-state index is -0.118. The summed E-state index contributed by atoms with van der Waals surface area (Å²) in [6.45, 7) is 3.02. The van der Waals surface area contributed by atoms with Gasteiger partial charge in [0, 0.05) is 64.8 Å². The fraction of sp³-hybridized carbons (Fsp3) is 0.444. The van der Waals surface area contributed by atoms with Gasteiger partial charge >= 0.3 is 0 Å². The first-order valence-electron chi connectivity index (χ1n) is 8.79. The van der Waals surface area contributed by atoms with Gasteiger partial charge in [0.15, 0.2) is 5.96 Å². The quantitative estimate of drug-likeness (QED) is 0.289. The second-order valence-electron chi connectivity index (χ2n) is 6.35. The van der Waals surface area contributed by atoms with Gasteiger partial charge < -0.3 is 15.5 Å². The van der Waals surface area contributed by atoms with E-state index in [1.165, 1.54) is 5.56 Å². The monoisotopic (exact) mass is 483 g/mol. The van der Waals surface area contributed by atoms with Crippen LogP contribution < -0.4 is 10.6 Å². The smallest absolute Gasteiger partial charge is 0.252 e. The van der Waals surface area contributed by atoms with Crippen molar-refractivity contribution in [2.24, 2.45) is 12.0 Å². The van der Waals surface area contributed by atoms with E-state index in [0.29, 0.717) is 24.6 Å². The molecule has 9 heteroatoms. The lowest BCUT2D eigenvalue weighted by atomic mass is 10.0. The number of carbonyl (C=O) groups excluding carboxylic acids is 1. The second-order valence-corrected chi connectivity index (χ2v) is 6.35. The molecule has 1 aliphatic heterocycles. The van der Waals surface area contributed by atoms with Crippen LogP contribution in [0.2, 0.25) is 0 Å². The van der Waals surface area contributed by atoms with Gasteiger partial charge in [0.05, 0.1) is 11.8 Å². The Morgan fingerprint density at radius 1 is 1.33 bits per heavy atom. The first-order valence-corrected chi connectivity index (χ1v) is 8.79. The van der Waals surface area contributed by atoms with E-state index in [0.717, 1.165) is 25.5 Å². The molecule has 2 N–H and O–H groups in total. The molecule has 27 heavy (non-hydrogen) atoms. The van der Waals surface area contributed by atoms with Crippen molar-refractivity contribution in [2.75, 3.05) is 33.2 Å². The van der Waals surface area contributed by atoms with Gasteiger partial charge in [-0.25, -0.2) is 0 Å². The van der Waals surface area contributed by atoms with Crippen LogP contribution >= 0.6 is 24.0 Å². The van der Waals surface area contributed by atoms with Crippen LogP contribution in [0.5, 0.6) is 0 Å². The number of likely N-dealkylation sites (tertiary alicyclic amines) is 1. The van der Waals surface area contributed by atoms with E-state index in [9.17, 15) is 4.79 Å². The molecule has 2 aromatic rings. The summed E-state index contributed by atoms with van der Waals surface area (Å²) >= 11 is 0. The number of rotatable bonds is 5. The molecule has 3 heterocycles.